The van der Waals surface area contributed by atoms with E-state index < -0.39 is 11.6 Å². The summed E-state index contributed by atoms with van der Waals surface area (Å²) >= 11 is 0. The van der Waals surface area contributed by atoms with Crippen LogP contribution in [0.3, 0.4) is 0 Å². The highest BCUT2D eigenvalue weighted by atomic mass is 16.5. The van der Waals surface area contributed by atoms with Gasteiger partial charge >= 0.3 is 7.69 Å². The molecule has 2 rings (SSSR count). The summed E-state index contributed by atoms with van der Waals surface area (Å²) in [5.41, 5.74) is 5.39. The number of nitrogens with two attached hydrogens (primary N) is 1. The fourth-order valence-corrected chi connectivity index (χ4v) is 3.50. The summed E-state index contributed by atoms with van der Waals surface area (Å²) in [5.74, 6) is -0.606. The number of nitrogens with one attached hydrogen (secondary N) is 2. The molecule has 0 spiro atoms. The van der Waals surface area contributed by atoms with Crippen LogP contribution >= 0.6 is 0 Å². The minimum atomic E-state index is -1.10. The molecular formula is C19H29BN3O4. The van der Waals surface area contributed by atoms with Gasteiger partial charge in [0.1, 0.15) is 11.6 Å². The van der Waals surface area contributed by atoms with Gasteiger partial charge in [-0.1, -0.05) is 49.6 Å². The summed E-state index contributed by atoms with van der Waals surface area (Å²) in [6, 6.07) is 9.61. The van der Waals surface area contributed by atoms with E-state index in [4.69, 9.17) is 15.4 Å². The van der Waals surface area contributed by atoms with Crippen molar-refractivity contribution in [1.29, 1.82) is 0 Å². The van der Waals surface area contributed by atoms with E-state index in [0.717, 1.165) is 24.8 Å². The van der Waals surface area contributed by atoms with Crippen LogP contribution in [0.25, 0.3) is 0 Å². The van der Waals surface area contributed by atoms with E-state index in [9.17, 15) is 9.59 Å². The van der Waals surface area contributed by atoms with E-state index in [1.165, 1.54) is 0 Å². The predicted octanol–water partition coefficient (Wildman–Crippen LogP) is 0.978. The van der Waals surface area contributed by atoms with Gasteiger partial charge in [-0.15, -0.1) is 0 Å². The Morgan fingerprint density at radius 1 is 1.19 bits per heavy atom. The molecule has 0 aromatic heterocycles. The van der Waals surface area contributed by atoms with Crippen molar-refractivity contribution in [2.24, 2.45) is 11.1 Å². The fourth-order valence-electron chi connectivity index (χ4n) is 3.50. The number of carbonyl (C=O) groups is 2. The first kappa shape index (κ1) is 21.4. The molecule has 0 heterocycles. The number of carbonyl (C=O) groups excluding carboxylic acids is 2. The number of hydrogen-bond donors (Lipinski definition) is 4. The molecule has 1 aliphatic carbocycles. The SMILES string of the molecule is NCCC[C@H](NC(=O)C1(C(=O)NCc2ccccc2)CCCCC1)O[B]O. The van der Waals surface area contributed by atoms with Crippen molar-refractivity contribution in [3.05, 3.63) is 35.9 Å². The van der Waals surface area contributed by atoms with E-state index in [0.29, 0.717) is 46.5 Å². The van der Waals surface area contributed by atoms with Crippen LogP contribution in [0.1, 0.15) is 50.5 Å². The Kier molecular flexibility index (Phi) is 8.77. The third-order valence-electron chi connectivity index (χ3n) is 5.06. The quantitative estimate of drug-likeness (QED) is 0.277. The second-order valence-corrected chi connectivity index (χ2v) is 6.95. The van der Waals surface area contributed by atoms with Gasteiger partial charge in [-0.3, -0.25) is 9.59 Å². The molecule has 1 fully saturated rings. The number of hydrogen-bond acceptors (Lipinski definition) is 5. The lowest BCUT2D eigenvalue weighted by atomic mass is 9.72. The van der Waals surface area contributed by atoms with Crippen molar-refractivity contribution >= 4 is 19.5 Å². The van der Waals surface area contributed by atoms with Gasteiger partial charge in [-0.25, -0.2) is 0 Å². The number of benzene rings is 1. The van der Waals surface area contributed by atoms with Gasteiger partial charge in [-0.05, 0) is 37.8 Å². The van der Waals surface area contributed by atoms with Crippen molar-refractivity contribution in [3.8, 4) is 0 Å². The third kappa shape index (κ3) is 6.05. The molecule has 1 aliphatic rings. The van der Waals surface area contributed by atoms with E-state index >= 15 is 0 Å². The van der Waals surface area contributed by atoms with Crippen LogP contribution in [0.5, 0.6) is 0 Å². The Morgan fingerprint density at radius 2 is 1.89 bits per heavy atom. The average molecular weight is 374 g/mol. The molecule has 7 nitrogen and oxygen atoms in total. The molecule has 0 bridgehead atoms. The summed E-state index contributed by atoms with van der Waals surface area (Å²) in [6.45, 7) is 0.829. The van der Waals surface area contributed by atoms with Crippen LogP contribution in [0.2, 0.25) is 0 Å². The minimum absolute atomic E-state index is 0.255. The van der Waals surface area contributed by atoms with Gasteiger partial charge in [0.2, 0.25) is 11.8 Å². The summed E-state index contributed by atoms with van der Waals surface area (Å²) in [7, 11) is 0.560. The van der Waals surface area contributed by atoms with Crippen molar-refractivity contribution in [3.63, 3.8) is 0 Å². The molecule has 1 aromatic rings. The largest absolute Gasteiger partial charge is 0.486 e. The smallest absolute Gasteiger partial charge is 0.429 e. The van der Waals surface area contributed by atoms with Gasteiger partial charge in [0, 0.05) is 6.54 Å². The van der Waals surface area contributed by atoms with Crippen LogP contribution in [0.15, 0.2) is 30.3 Å². The molecule has 1 saturated carbocycles. The minimum Gasteiger partial charge on any atom is -0.429 e. The highest BCUT2D eigenvalue weighted by molar-refractivity contribution is 6.16. The maximum Gasteiger partial charge on any atom is 0.486 e. The van der Waals surface area contributed by atoms with Crippen LogP contribution in [-0.4, -0.2) is 37.3 Å². The van der Waals surface area contributed by atoms with E-state index in [2.05, 4.69) is 10.6 Å². The maximum atomic E-state index is 13.0. The summed E-state index contributed by atoms with van der Waals surface area (Å²) in [6.07, 6.45) is 4.06. The molecule has 8 heteroatoms. The average Bonchev–Trinajstić information content (AvgIpc) is 2.71. The lowest BCUT2D eigenvalue weighted by molar-refractivity contribution is -0.147. The first-order chi connectivity index (χ1) is 13.1. The second kappa shape index (κ2) is 11.1. The zero-order valence-corrected chi connectivity index (χ0v) is 15.7. The highest BCUT2D eigenvalue weighted by Crippen LogP contribution is 2.37. The molecular weight excluding hydrogens is 345 g/mol. The summed E-state index contributed by atoms with van der Waals surface area (Å²) < 4.78 is 5.07. The molecule has 1 atom stereocenters. The Morgan fingerprint density at radius 3 is 2.52 bits per heavy atom. The maximum absolute atomic E-state index is 13.0. The van der Waals surface area contributed by atoms with Crippen LogP contribution in [-0.2, 0) is 20.8 Å². The first-order valence-electron chi connectivity index (χ1n) is 9.57. The molecule has 0 aliphatic heterocycles. The summed E-state index contributed by atoms with van der Waals surface area (Å²) in [5, 5.41) is 14.6. The molecule has 1 aromatic carbocycles. The van der Waals surface area contributed by atoms with Crippen molar-refractivity contribution in [2.75, 3.05) is 6.54 Å². The van der Waals surface area contributed by atoms with Gasteiger partial charge in [-0.2, -0.15) is 0 Å². The molecule has 5 N–H and O–H groups in total. The molecule has 1 radical (unpaired) electrons. The fraction of sp³-hybridized carbons (Fsp3) is 0.579. The Hall–Kier alpha value is -1.90. The normalized spacial score (nSPS) is 17.0. The predicted molar refractivity (Wildman–Crippen MR) is 103 cm³/mol. The Bertz CT molecular complexity index is 594. The third-order valence-corrected chi connectivity index (χ3v) is 5.06. The molecule has 2 amide bonds. The highest BCUT2D eigenvalue weighted by Gasteiger charge is 2.46. The molecule has 0 unspecified atom stereocenters. The van der Waals surface area contributed by atoms with E-state index in [-0.39, 0.29) is 11.8 Å². The molecule has 147 valence electrons. The van der Waals surface area contributed by atoms with Crippen molar-refractivity contribution in [2.45, 2.75) is 57.7 Å². The van der Waals surface area contributed by atoms with Crippen LogP contribution in [0.4, 0.5) is 0 Å². The topological polar surface area (TPSA) is 114 Å². The summed E-state index contributed by atoms with van der Waals surface area (Å²) in [4.78, 5) is 26.0. The van der Waals surface area contributed by atoms with Crippen LogP contribution < -0.4 is 16.4 Å². The van der Waals surface area contributed by atoms with Gasteiger partial charge in [0.25, 0.3) is 0 Å². The second-order valence-electron chi connectivity index (χ2n) is 6.95. The van der Waals surface area contributed by atoms with Gasteiger partial charge in [0.15, 0.2) is 0 Å². The number of rotatable bonds is 10. The lowest BCUT2D eigenvalue weighted by Crippen LogP contribution is -2.55. The Balaban J connectivity index is 2.06. The molecule has 0 saturated heterocycles. The molecule has 27 heavy (non-hydrogen) atoms. The van der Waals surface area contributed by atoms with Crippen LogP contribution in [0, 0.1) is 5.41 Å². The van der Waals surface area contributed by atoms with Crippen molar-refractivity contribution in [1.82, 2.24) is 10.6 Å². The van der Waals surface area contributed by atoms with Crippen molar-refractivity contribution < 1.29 is 19.3 Å². The van der Waals surface area contributed by atoms with E-state index in [1.54, 1.807) is 0 Å². The van der Waals surface area contributed by atoms with Gasteiger partial charge < -0.3 is 26.0 Å². The monoisotopic (exact) mass is 374 g/mol. The Labute approximate surface area is 161 Å². The standard InChI is InChI=1S/C19H29BN3O4/c21-13-7-10-16(27-20-26)23-18(25)19(11-5-2-6-12-19)17(24)22-14-15-8-3-1-4-9-15/h1,3-4,8-9,16,26H,2,5-7,10-14,21H2,(H,22,24)(H,23,25)/t16-/m1/s1. The van der Waals surface area contributed by atoms with Gasteiger partial charge in [0.05, 0.1) is 0 Å². The first-order valence-corrected chi connectivity index (χ1v) is 9.57. The number of amides is 2. The zero-order valence-electron chi connectivity index (χ0n) is 15.7. The lowest BCUT2D eigenvalue weighted by Gasteiger charge is -2.35. The van der Waals surface area contributed by atoms with E-state index in [1.807, 2.05) is 30.3 Å². The zero-order chi connectivity index (χ0) is 19.5.